The minimum absolute atomic E-state index is 0.0118. The number of nitrogens with one attached hydrogen (secondary N) is 1. The quantitative estimate of drug-likeness (QED) is 0.881. The molecule has 1 fully saturated rings. The average molecular weight is 307 g/mol. The molecule has 7 nitrogen and oxygen atoms in total. The number of hydrogen-bond acceptors (Lipinski definition) is 6. The van der Waals surface area contributed by atoms with E-state index in [4.69, 9.17) is 10.5 Å². The first-order valence-corrected chi connectivity index (χ1v) is 7.54. The van der Waals surface area contributed by atoms with Gasteiger partial charge in [-0.1, -0.05) is 6.07 Å². The smallest absolute Gasteiger partial charge is 0.238 e. The Balaban J connectivity index is 1.60. The fourth-order valence-corrected chi connectivity index (χ4v) is 2.92. The first kappa shape index (κ1) is 14.3. The van der Waals surface area contributed by atoms with Gasteiger partial charge in [0.05, 0.1) is 36.3 Å². The highest BCUT2D eigenvalue weighted by Crippen LogP contribution is 2.38. The Labute approximate surface area is 126 Å². The molecule has 2 heterocycles. The van der Waals surface area contributed by atoms with Crippen LogP contribution in [0.4, 0.5) is 17.1 Å². The van der Waals surface area contributed by atoms with Gasteiger partial charge in [0.2, 0.25) is 5.91 Å². The Hall–Kier alpha value is -1.61. The van der Waals surface area contributed by atoms with Crippen LogP contribution in [0.15, 0.2) is 26.9 Å². The molecule has 0 saturated carbocycles. The number of morpholine rings is 1. The highest BCUT2D eigenvalue weighted by Gasteiger charge is 2.21. The van der Waals surface area contributed by atoms with E-state index in [1.54, 1.807) is 0 Å². The molecule has 0 aliphatic carbocycles. The lowest BCUT2D eigenvalue weighted by atomic mass is 10.2. The summed E-state index contributed by atoms with van der Waals surface area (Å²) < 4.78 is 13.9. The van der Waals surface area contributed by atoms with Gasteiger partial charge >= 0.3 is 0 Å². The minimum Gasteiger partial charge on any atom is -0.374 e. The number of anilines is 1. The van der Waals surface area contributed by atoms with Crippen LogP contribution in [-0.2, 0) is 20.9 Å². The molecular formula is C13H17N5O2S. The van der Waals surface area contributed by atoms with Crippen molar-refractivity contribution in [3.8, 4) is 0 Å². The van der Waals surface area contributed by atoms with Crippen LogP contribution in [0.2, 0.25) is 0 Å². The van der Waals surface area contributed by atoms with Crippen molar-refractivity contribution >= 4 is 34.3 Å². The Bertz CT molecular complexity index is 615. The topological polar surface area (TPSA) is 92.3 Å². The number of nitrogens with zero attached hydrogens (tertiary/aromatic N) is 3. The maximum Gasteiger partial charge on any atom is 0.238 e. The molecule has 1 saturated heterocycles. The van der Waals surface area contributed by atoms with E-state index in [-0.39, 0.29) is 12.0 Å². The van der Waals surface area contributed by atoms with Gasteiger partial charge in [0.1, 0.15) is 11.4 Å². The van der Waals surface area contributed by atoms with Crippen LogP contribution in [0.5, 0.6) is 0 Å². The van der Waals surface area contributed by atoms with Crippen molar-refractivity contribution in [2.45, 2.75) is 6.10 Å². The monoisotopic (exact) mass is 307 g/mol. The average Bonchev–Trinajstić information content (AvgIpc) is 2.97. The Kier molecular flexibility index (Phi) is 4.39. The molecule has 1 atom stereocenters. The van der Waals surface area contributed by atoms with E-state index in [9.17, 15) is 4.79 Å². The minimum atomic E-state index is -0.0619. The predicted molar refractivity (Wildman–Crippen MR) is 81.8 cm³/mol. The molecule has 2 aliphatic heterocycles. The maximum absolute atomic E-state index is 12.2. The highest BCUT2D eigenvalue weighted by molar-refractivity contribution is 7.58. The zero-order chi connectivity index (χ0) is 14.7. The number of amides is 1. The first-order valence-electron chi connectivity index (χ1n) is 6.81. The number of benzene rings is 1. The van der Waals surface area contributed by atoms with Crippen LogP contribution in [-0.4, -0.2) is 49.7 Å². The molecular weight excluding hydrogens is 290 g/mol. The Morgan fingerprint density at radius 1 is 1.52 bits per heavy atom. The molecule has 0 spiro atoms. The molecule has 1 unspecified atom stereocenters. The van der Waals surface area contributed by atoms with Crippen molar-refractivity contribution in [1.82, 2.24) is 4.90 Å². The van der Waals surface area contributed by atoms with E-state index in [1.165, 1.54) is 0 Å². The number of carbonyl (C=O) groups excluding carboxylic acids is 1. The van der Waals surface area contributed by atoms with E-state index in [2.05, 4.69) is 18.9 Å². The summed E-state index contributed by atoms with van der Waals surface area (Å²) >= 11 is 1.14. The fraction of sp³-hybridized carbons (Fsp3) is 0.462. The van der Waals surface area contributed by atoms with Crippen LogP contribution in [0.3, 0.4) is 0 Å². The number of rotatable bonds is 4. The third-order valence-electron chi connectivity index (χ3n) is 3.41. The maximum atomic E-state index is 12.2. The SMILES string of the molecule is NCC1CN(CC(=O)Nc2cccc3c2N=S=N3)CCO1. The number of hydrogen-bond donors (Lipinski definition) is 2. The summed E-state index contributed by atoms with van der Waals surface area (Å²) in [7, 11) is 0. The van der Waals surface area contributed by atoms with Gasteiger partial charge in [-0.05, 0) is 12.1 Å². The number of ether oxygens (including phenoxy) is 1. The van der Waals surface area contributed by atoms with Gasteiger partial charge in [0.25, 0.3) is 0 Å². The zero-order valence-electron chi connectivity index (χ0n) is 11.5. The molecule has 0 bridgehead atoms. The van der Waals surface area contributed by atoms with E-state index in [0.29, 0.717) is 31.9 Å². The molecule has 1 aromatic carbocycles. The molecule has 1 amide bonds. The summed E-state index contributed by atoms with van der Waals surface area (Å²) in [6.45, 7) is 2.84. The summed E-state index contributed by atoms with van der Waals surface area (Å²) in [6.07, 6.45) is 0.0118. The molecule has 0 radical (unpaired) electrons. The summed E-state index contributed by atoms with van der Waals surface area (Å²) in [6, 6.07) is 5.57. The van der Waals surface area contributed by atoms with Gasteiger partial charge in [0.15, 0.2) is 0 Å². The second-order valence-corrected chi connectivity index (χ2v) is 5.48. The third-order valence-corrected chi connectivity index (χ3v) is 3.96. The first-order chi connectivity index (χ1) is 10.3. The van der Waals surface area contributed by atoms with Gasteiger partial charge < -0.3 is 15.8 Å². The van der Waals surface area contributed by atoms with E-state index >= 15 is 0 Å². The molecule has 2 aliphatic rings. The lowest BCUT2D eigenvalue weighted by Crippen LogP contribution is -2.48. The number of nitrogens with two attached hydrogens (primary N) is 1. The van der Waals surface area contributed by atoms with E-state index in [1.807, 2.05) is 18.2 Å². The Morgan fingerprint density at radius 3 is 3.29 bits per heavy atom. The molecule has 112 valence electrons. The van der Waals surface area contributed by atoms with Crippen molar-refractivity contribution in [3.63, 3.8) is 0 Å². The molecule has 0 aromatic heterocycles. The highest BCUT2D eigenvalue weighted by atomic mass is 32.1. The van der Waals surface area contributed by atoms with Crippen LogP contribution in [0, 0.1) is 0 Å². The van der Waals surface area contributed by atoms with Crippen molar-refractivity contribution in [2.75, 3.05) is 38.1 Å². The van der Waals surface area contributed by atoms with Crippen molar-refractivity contribution in [1.29, 1.82) is 0 Å². The van der Waals surface area contributed by atoms with Crippen molar-refractivity contribution in [3.05, 3.63) is 18.2 Å². The van der Waals surface area contributed by atoms with Crippen molar-refractivity contribution in [2.24, 2.45) is 14.5 Å². The van der Waals surface area contributed by atoms with E-state index in [0.717, 1.165) is 29.3 Å². The van der Waals surface area contributed by atoms with Gasteiger partial charge in [-0.2, -0.15) is 8.73 Å². The largest absolute Gasteiger partial charge is 0.374 e. The molecule has 8 heteroatoms. The molecule has 3 N–H and O–H groups in total. The summed E-state index contributed by atoms with van der Waals surface area (Å²) in [5, 5.41) is 2.90. The zero-order valence-corrected chi connectivity index (χ0v) is 12.3. The van der Waals surface area contributed by atoms with Crippen LogP contribution >= 0.6 is 0 Å². The van der Waals surface area contributed by atoms with Crippen LogP contribution in [0.25, 0.3) is 0 Å². The Morgan fingerprint density at radius 2 is 2.43 bits per heavy atom. The van der Waals surface area contributed by atoms with E-state index < -0.39 is 0 Å². The molecule has 21 heavy (non-hydrogen) atoms. The number of fused-ring (bicyclic) bond motifs is 1. The second-order valence-electron chi connectivity index (χ2n) is 4.95. The molecule has 1 aromatic rings. The summed E-state index contributed by atoms with van der Waals surface area (Å²) in [4.78, 5) is 14.2. The van der Waals surface area contributed by atoms with Gasteiger partial charge in [0, 0.05) is 19.6 Å². The predicted octanol–water partition coefficient (Wildman–Crippen LogP) is 1.01. The lowest BCUT2D eigenvalue weighted by molar-refractivity contribution is -0.119. The van der Waals surface area contributed by atoms with Gasteiger partial charge in [-0.15, -0.1) is 0 Å². The third kappa shape index (κ3) is 3.35. The number of carbonyl (C=O) groups is 1. The second kappa shape index (κ2) is 6.44. The van der Waals surface area contributed by atoms with Crippen LogP contribution in [0.1, 0.15) is 0 Å². The van der Waals surface area contributed by atoms with Crippen molar-refractivity contribution < 1.29 is 9.53 Å². The van der Waals surface area contributed by atoms with Crippen LogP contribution < -0.4 is 11.1 Å². The fourth-order valence-electron chi connectivity index (χ4n) is 2.37. The summed E-state index contributed by atoms with van der Waals surface area (Å²) in [5.41, 5.74) is 7.84. The van der Waals surface area contributed by atoms with Gasteiger partial charge in [-0.3, -0.25) is 9.69 Å². The molecule has 3 rings (SSSR count). The summed E-state index contributed by atoms with van der Waals surface area (Å²) in [5.74, 6) is -0.0619. The lowest BCUT2D eigenvalue weighted by Gasteiger charge is -2.31. The van der Waals surface area contributed by atoms with Gasteiger partial charge in [-0.25, -0.2) is 0 Å². The standard InChI is InChI=1S/C13H17N5O2S/c14-6-9-7-18(4-5-20-9)8-12(19)15-10-2-1-3-11-13(10)17-21-16-11/h1-3,9H,4-8,14H2,(H,15,19). The normalized spacial score (nSPS) is 20.9.